The Bertz CT molecular complexity index is 1180. The number of nitro benzene ring substituents is 1. The van der Waals surface area contributed by atoms with Gasteiger partial charge in [0.05, 0.1) is 23.1 Å². The smallest absolute Gasteiger partial charge is 0.276 e. The van der Waals surface area contributed by atoms with Crippen molar-refractivity contribution in [3.8, 4) is 11.3 Å². The lowest BCUT2D eigenvalue weighted by molar-refractivity contribution is -0.384. The first-order valence-electron chi connectivity index (χ1n) is 8.26. The van der Waals surface area contributed by atoms with Gasteiger partial charge in [-0.05, 0) is 24.3 Å². The van der Waals surface area contributed by atoms with Crippen molar-refractivity contribution in [1.82, 2.24) is 14.8 Å². The van der Waals surface area contributed by atoms with Crippen LogP contribution in [0.2, 0.25) is 0 Å². The molecule has 0 N–H and O–H groups in total. The van der Waals surface area contributed by atoms with E-state index in [9.17, 15) is 14.9 Å². The van der Waals surface area contributed by atoms with Crippen LogP contribution in [0.15, 0.2) is 70.2 Å². The molecule has 0 saturated heterocycles. The Morgan fingerprint density at radius 2 is 2.04 bits per heavy atom. The molecular formula is C19H14N4O4. The first-order valence-corrected chi connectivity index (χ1v) is 8.26. The fourth-order valence-electron chi connectivity index (χ4n) is 2.90. The van der Waals surface area contributed by atoms with E-state index in [-0.39, 0.29) is 11.2 Å². The van der Waals surface area contributed by atoms with E-state index in [1.807, 2.05) is 6.07 Å². The number of fused-ring (bicyclic) bond motifs is 1. The van der Waals surface area contributed by atoms with Crippen molar-refractivity contribution in [2.24, 2.45) is 0 Å². The summed E-state index contributed by atoms with van der Waals surface area (Å²) in [7, 11) is 0. The van der Waals surface area contributed by atoms with E-state index >= 15 is 0 Å². The highest BCUT2D eigenvalue weighted by atomic mass is 16.6. The molecule has 0 radical (unpaired) electrons. The van der Waals surface area contributed by atoms with E-state index in [0.717, 1.165) is 5.76 Å². The fraction of sp³-hybridized carbons (Fsp3) is 0.105. The van der Waals surface area contributed by atoms with Gasteiger partial charge in [-0.1, -0.05) is 12.1 Å². The highest BCUT2D eigenvalue weighted by molar-refractivity contribution is 5.90. The molecule has 0 aliphatic rings. The van der Waals surface area contributed by atoms with Crippen LogP contribution in [0.1, 0.15) is 5.76 Å². The summed E-state index contributed by atoms with van der Waals surface area (Å²) < 4.78 is 6.66. The minimum absolute atomic E-state index is 0.0493. The molecule has 1 aromatic carbocycles. The van der Waals surface area contributed by atoms with Crippen LogP contribution in [0.3, 0.4) is 0 Å². The number of nitro groups is 1. The monoisotopic (exact) mass is 362 g/mol. The van der Waals surface area contributed by atoms with Crippen molar-refractivity contribution in [3.63, 3.8) is 0 Å². The number of non-ortho nitro benzene ring substituents is 1. The Morgan fingerprint density at radius 3 is 2.81 bits per heavy atom. The molecule has 4 aromatic rings. The van der Waals surface area contributed by atoms with Crippen molar-refractivity contribution in [2.45, 2.75) is 13.0 Å². The summed E-state index contributed by atoms with van der Waals surface area (Å²) in [5.74, 6) is 0.742. The van der Waals surface area contributed by atoms with Crippen molar-refractivity contribution in [3.05, 3.63) is 87.2 Å². The topological polar surface area (TPSA) is 104 Å². The third kappa shape index (κ3) is 3.20. The summed E-state index contributed by atoms with van der Waals surface area (Å²) in [5, 5.41) is 16.0. The van der Waals surface area contributed by atoms with Gasteiger partial charge in [0, 0.05) is 30.3 Å². The highest BCUT2D eigenvalue weighted by Crippen LogP contribution is 2.26. The van der Waals surface area contributed by atoms with Gasteiger partial charge >= 0.3 is 0 Å². The molecule has 0 fully saturated rings. The zero-order chi connectivity index (χ0) is 18.8. The summed E-state index contributed by atoms with van der Waals surface area (Å²) in [6.45, 7) is 0.319. The second-order valence-corrected chi connectivity index (χ2v) is 5.91. The zero-order valence-electron chi connectivity index (χ0n) is 14.1. The van der Waals surface area contributed by atoms with Crippen LogP contribution in [0.25, 0.3) is 22.2 Å². The van der Waals surface area contributed by atoms with Gasteiger partial charge in [-0.3, -0.25) is 19.9 Å². The summed E-state index contributed by atoms with van der Waals surface area (Å²) >= 11 is 0. The van der Waals surface area contributed by atoms with Gasteiger partial charge in [-0.2, -0.15) is 5.10 Å². The molecular weight excluding hydrogens is 348 g/mol. The Kier molecular flexibility index (Phi) is 4.21. The van der Waals surface area contributed by atoms with Crippen LogP contribution in [-0.4, -0.2) is 19.7 Å². The molecule has 0 bridgehead atoms. The van der Waals surface area contributed by atoms with E-state index in [0.29, 0.717) is 35.1 Å². The normalized spacial score (nSPS) is 11.0. The number of aryl methyl sites for hydroxylation is 2. The van der Waals surface area contributed by atoms with Gasteiger partial charge in [0.15, 0.2) is 0 Å². The van der Waals surface area contributed by atoms with Crippen LogP contribution in [0, 0.1) is 10.1 Å². The molecule has 0 amide bonds. The molecule has 0 aliphatic carbocycles. The number of rotatable bonds is 5. The van der Waals surface area contributed by atoms with Gasteiger partial charge in [-0.25, -0.2) is 4.68 Å². The molecule has 3 heterocycles. The molecule has 0 aliphatic heterocycles. The molecule has 0 saturated carbocycles. The molecule has 8 nitrogen and oxygen atoms in total. The van der Waals surface area contributed by atoms with E-state index < -0.39 is 4.92 Å². The van der Waals surface area contributed by atoms with Crippen molar-refractivity contribution in [2.75, 3.05) is 0 Å². The number of aromatic nitrogens is 3. The maximum absolute atomic E-state index is 12.8. The van der Waals surface area contributed by atoms with Gasteiger partial charge in [0.25, 0.3) is 11.2 Å². The zero-order valence-corrected chi connectivity index (χ0v) is 14.1. The average molecular weight is 362 g/mol. The van der Waals surface area contributed by atoms with Gasteiger partial charge in [0.1, 0.15) is 17.0 Å². The lowest BCUT2D eigenvalue weighted by atomic mass is 10.1. The standard InChI is InChI=1S/C19H14N4O4/c24-19-16-7-2-9-20-18(16)17(13-4-1-5-14(12-13)23(25)26)21-22(19)10-8-15-6-3-11-27-15/h1-7,9,11-12H,8,10H2. The number of pyridine rings is 1. The Morgan fingerprint density at radius 1 is 1.15 bits per heavy atom. The first-order chi connectivity index (χ1) is 13.1. The van der Waals surface area contributed by atoms with Crippen molar-refractivity contribution in [1.29, 1.82) is 0 Å². The predicted octanol–water partition coefficient (Wildman–Crippen LogP) is 3.20. The largest absolute Gasteiger partial charge is 0.469 e. The minimum Gasteiger partial charge on any atom is -0.469 e. The minimum atomic E-state index is -0.466. The Labute approximate surface area is 152 Å². The van der Waals surface area contributed by atoms with E-state index in [1.165, 1.54) is 16.8 Å². The molecule has 4 rings (SSSR count). The van der Waals surface area contributed by atoms with Crippen LogP contribution < -0.4 is 5.56 Å². The molecule has 0 spiro atoms. The molecule has 0 atom stereocenters. The van der Waals surface area contributed by atoms with E-state index in [2.05, 4.69) is 10.1 Å². The van der Waals surface area contributed by atoms with Crippen molar-refractivity contribution >= 4 is 16.6 Å². The van der Waals surface area contributed by atoms with E-state index in [4.69, 9.17) is 4.42 Å². The molecule has 0 unspecified atom stereocenters. The van der Waals surface area contributed by atoms with Crippen LogP contribution >= 0.6 is 0 Å². The summed E-state index contributed by atoms with van der Waals surface area (Å²) in [6, 6.07) is 13.1. The number of benzene rings is 1. The maximum atomic E-state index is 12.8. The Balaban J connectivity index is 1.86. The summed E-state index contributed by atoms with van der Waals surface area (Å²) in [4.78, 5) is 27.7. The second-order valence-electron chi connectivity index (χ2n) is 5.91. The second kappa shape index (κ2) is 6.83. The third-order valence-electron chi connectivity index (χ3n) is 4.20. The van der Waals surface area contributed by atoms with Crippen molar-refractivity contribution < 1.29 is 9.34 Å². The molecule has 8 heteroatoms. The maximum Gasteiger partial charge on any atom is 0.276 e. The third-order valence-corrected chi connectivity index (χ3v) is 4.20. The summed E-state index contributed by atoms with van der Waals surface area (Å²) in [6.07, 6.45) is 3.64. The lowest BCUT2D eigenvalue weighted by Gasteiger charge is -2.10. The quantitative estimate of drug-likeness (QED) is 0.399. The molecule has 3 aromatic heterocycles. The van der Waals surface area contributed by atoms with Gasteiger partial charge in [-0.15, -0.1) is 0 Å². The van der Waals surface area contributed by atoms with Crippen LogP contribution in [0.5, 0.6) is 0 Å². The highest BCUT2D eigenvalue weighted by Gasteiger charge is 2.16. The average Bonchev–Trinajstić information content (AvgIpc) is 3.21. The number of nitrogens with zero attached hydrogens (tertiary/aromatic N) is 4. The van der Waals surface area contributed by atoms with Gasteiger partial charge in [0.2, 0.25) is 0 Å². The van der Waals surface area contributed by atoms with Crippen LogP contribution in [0.4, 0.5) is 5.69 Å². The number of hydrogen-bond acceptors (Lipinski definition) is 6. The number of hydrogen-bond donors (Lipinski definition) is 0. The Hall–Kier alpha value is -3.81. The SMILES string of the molecule is O=c1c2cccnc2c(-c2cccc([N+](=O)[O-])c2)nn1CCc1ccco1. The molecule has 134 valence electrons. The summed E-state index contributed by atoms with van der Waals surface area (Å²) in [5.41, 5.74) is 1.05. The number of furan rings is 1. The fourth-order valence-corrected chi connectivity index (χ4v) is 2.90. The predicted molar refractivity (Wildman–Crippen MR) is 98.3 cm³/mol. The van der Waals surface area contributed by atoms with E-state index in [1.54, 1.807) is 42.8 Å². The van der Waals surface area contributed by atoms with Crippen LogP contribution in [-0.2, 0) is 13.0 Å². The molecule has 27 heavy (non-hydrogen) atoms. The first kappa shape index (κ1) is 16.6. The lowest BCUT2D eigenvalue weighted by Crippen LogP contribution is -2.25. The van der Waals surface area contributed by atoms with Gasteiger partial charge < -0.3 is 4.42 Å².